The van der Waals surface area contributed by atoms with Gasteiger partial charge in [0.2, 0.25) is 6.04 Å². The van der Waals surface area contributed by atoms with Crippen LogP contribution in [0.1, 0.15) is 17.6 Å². The van der Waals surface area contributed by atoms with E-state index >= 15 is 0 Å². The number of nitrogen functional groups attached to an aromatic ring is 1. The van der Waals surface area contributed by atoms with Crippen molar-refractivity contribution in [1.82, 2.24) is 24.6 Å². The van der Waals surface area contributed by atoms with Gasteiger partial charge in [-0.25, -0.2) is 9.78 Å². The van der Waals surface area contributed by atoms with E-state index in [1.54, 1.807) is 24.0 Å². The number of thioether (sulfide) groups is 3. The molecular formula is C20H22N10O5S4. The summed E-state index contributed by atoms with van der Waals surface area (Å²) in [6, 6.07) is 0.952. The van der Waals surface area contributed by atoms with E-state index in [1.807, 2.05) is 6.07 Å². The molecule has 3 atom stereocenters. The van der Waals surface area contributed by atoms with Gasteiger partial charge in [-0.1, -0.05) is 11.8 Å². The van der Waals surface area contributed by atoms with E-state index in [0.29, 0.717) is 23.0 Å². The zero-order valence-electron chi connectivity index (χ0n) is 19.9. The van der Waals surface area contributed by atoms with Crippen LogP contribution >= 0.6 is 46.8 Å². The second kappa shape index (κ2) is 12.6. The lowest BCUT2D eigenvalue weighted by Crippen LogP contribution is -2.70. The van der Waals surface area contributed by atoms with Gasteiger partial charge in [-0.05, 0) is 17.3 Å². The quantitative estimate of drug-likeness (QED) is 0.0714. The maximum absolute atomic E-state index is 13.0. The van der Waals surface area contributed by atoms with Gasteiger partial charge in [0, 0.05) is 44.8 Å². The molecule has 8 N–H and O–H groups in total. The van der Waals surface area contributed by atoms with Gasteiger partial charge in [-0.2, -0.15) is 16.1 Å². The SMILES string of the molecule is NC(N)=NCCSCc1ncccc1SC1=C(C(=O)O)N2C(=O)[C@@H](NC(=O)C(N=O)c3nsc(N)n3)[C@@H]2SC1. The number of aliphatic imine (C=N–C) groups is 1. The highest BCUT2D eigenvalue weighted by molar-refractivity contribution is 8.06. The molecule has 0 bridgehead atoms. The van der Waals surface area contributed by atoms with Crippen LogP contribution in [-0.4, -0.2) is 77.6 Å². The second-order valence-electron chi connectivity index (χ2n) is 7.88. The molecule has 0 saturated carbocycles. The van der Waals surface area contributed by atoms with Gasteiger partial charge in [0.15, 0.2) is 16.9 Å². The molecule has 0 aromatic carbocycles. The van der Waals surface area contributed by atoms with Crippen molar-refractivity contribution >= 4 is 75.7 Å². The average Bonchev–Trinajstić information content (AvgIpc) is 3.33. The van der Waals surface area contributed by atoms with Crippen LogP contribution in [0, 0.1) is 4.91 Å². The first-order valence-corrected chi connectivity index (χ1v) is 14.9. The fraction of sp³-hybridized carbons (Fsp3) is 0.350. The van der Waals surface area contributed by atoms with Gasteiger partial charge >= 0.3 is 5.97 Å². The van der Waals surface area contributed by atoms with Gasteiger partial charge in [0.05, 0.1) is 12.2 Å². The molecule has 1 saturated heterocycles. The molecule has 2 amide bonds. The predicted octanol–water partition coefficient (Wildman–Crippen LogP) is 0.318. The number of carboxylic acid groups (broad SMARTS) is 1. The van der Waals surface area contributed by atoms with E-state index in [9.17, 15) is 24.4 Å². The monoisotopic (exact) mass is 610 g/mol. The number of rotatable bonds is 12. The number of fused-ring (bicyclic) bond motifs is 1. The summed E-state index contributed by atoms with van der Waals surface area (Å²) in [6.45, 7) is 0.460. The number of carboxylic acids is 1. The highest BCUT2D eigenvalue weighted by atomic mass is 32.2. The van der Waals surface area contributed by atoms with Crippen LogP contribution in [0.2, 0.25) is 0 Å². The van der Waals surface area contributed by atoms with Crippen LogP contribution in [0.25, 0.3) is 0 Å². The molecule has 2 aromatic heterocycles. The highest BCUT2D eigenvalue weighted by Crippen LogP contribution is 2.45. The number of carbonyl (C=O) groups is 3. The van der Waals surface area contributed by atoms with Crippen LogP contribution in [0.15, 0.2) is 44.0 Å². The summed E-state index contributed by atoms with van der Waals surface area (Å²) in [6.07, 6.45) is 1.65. The fourth-order valence-corrected chi connectivity index (χ4v) is 7.55. The van der Waals surface area contributed by atoms with E-state index < -0.39 is 35.2 Å². The van der Waals surface area contributed by atoms with Crippen LogP contribution < -0.4 is 22.5 Å². The van der Waals surface area contributed by atoms with Crippen molar-refractivity contribution in [3.05, 3.63) is 45.4 Å². The molecule has 15 nitrogen and oxygen atoms in total. The number of hydrogen-bond acceptors (Lipinski definition) is 14. The van der Waals surface area contributed by atoms with Crippen molar-refractivity contribution in [1.29, 1.82) is 0 Å². The third kappa shape index (κ3) is 6.43. The number of hydrogen-bond donors (Lipinski definition) is 5. The molecule has 1 fully saturated rings. The predicted molar refractivity (Wildman–Crippen MR) is 149 cm³/mol. The van der Waals surface area contributed by atoms with Crippen molar-refractivity contribution < 1.29 is 19.5 Å². The molecule has 19 heteroatoms. The largest absolute Gasteiger partial charge is 0.477 e. The zero-order chi connectivity index (χ0) is 28.1. The summed E-state index contributed by atoms with van der Waals surface area (Å²) in [5, 5.41) is 14.6. The summed E-state index contributed by atoms with van der Waals surface area (Å²) in [4.78, 5) is 63.7. The lowest BCUT2D eigenvalue weighted by molar-refractivity contribution is -0.150. The zero-order valence-corrected chi connectivity index (χ0v) is 23.2. The lowest BCUT2D eigenvalue weighted by atomic mass is 10.0. The summed E-state index contributed by atoms with van der Waals surface area (Å²) in [7, 11) is 0. The van der Waals surface area contributed by atoms with Gasteiger partial charge < -0.3 is 27.6 Å². The smallest absolute Gasteiger partial charge is 0.353 e. The minimum atomic E-state index is -1.59. The highest BCUT2D eigenvalue weighted by Gasteiger charge is 2.55. The number of nitrogens with one attached hydrogen (secondary N) is 1. The first-order valence-electron chi connectivity index (χ1n) is 11.1. The van der Waals surface area contributed by atoms with Gasteiger partial charge in [-0.3, -0.25) is 24.5 Å². The van der Waals surface area contributed by atoms with Gasteiger partial charge in [-0.15, -0.1) is 16.7 Å². The maximum atomic E-state index is 13.0. The molecule has 2 aliphatic heterocycles. The van der Waals surface area contributed by atoms with E-state index in [-0.39, 0.29) is 28.4 Å². The topological polar surface area (TPSA) is 245 Å². The number of aliphatic carboxylic acids is 1. The second-order valence-corrected chi connectivity index (χ2v) is 12.0. The van der Waals surface area contributed by atoms with Gasteiger partial charge in [0.25, 0.3) is 11.8 Å². The number of anilines is 1. The number of nitrogens with zero attached hydrogens (tertiary/aromatic N) is 6. The number of nitroso groups, excluding NO2 is 1. The number of β-lactam (4-membered cyclic amide) rings is 1. The summed E-state index contributed by atoms with van der Waals surface area (Å²) in [5.74, 6) is -1.41. The number of aromatic nitrogens is 3. The number of nitrogens with two attached hydrogens (primary N) is 3. The van der Waals surface area contributed by atoms with E-state index in [0.717, 1.165) is 27.0 Å². The Morgan fingerprint density at radius 2 is 2.15 bits per heavy atom. The Morgan fingerprint density at radius 1 is 1.36 bits per heavy atom. The third-order valence-electron chi connectivity index (χ3n) is 5.34. The molecule has 4 rings (SSSR count). The van der Waals surface area contributed by atoms with E-state index in [1.165, 1.54) is 23.5 Å². The minimum absolute atomic E-state index is 0.0233. The number of carbonyl (C=O) groups excluding carboxylic acids is 2. The Kier molecular flexibility index (Phi) is 9.25. The molecule has 2 aliphatic rings. The lowest BCUT2D eigenvalue weighted by Gasteiger charge is -2.49. The van der Waals surface area contributed by atoms with Crippen molar-refractivity contribution in [2.75, 3.05) is 23.8 Å². The van der Waals surface area contributed by atoms with Crippen molar-refractivity contribution in [3.8, 4) is 0 Å². The van der Waals surface area contributed by atoms with Crippen molar-refractivity contribution in [3.63, 3.8) is 0 Å². The molecule has 4 heterocycles. The van der Waals surface area contributed by atoms with Crippen LogP contribution in [0.3, 0.4) is 0 Å². The normalized spacial score (nSPS) is 19.1. The van der Waals surface area contributed by atoms with Crippen LogP contribution in [0.4, 0.5) is 5.13 Å². The Bertz CT molecular complexity index is 1350. The number of guanidine groups is 1. The third-order valence-corrected chi connectivity index (χ3v) is 9.48. The van der Waals surface area contributed by atoms with Crippen molar-refractivity contribution in [2.45, 2.75) is 28.1 Å². The molecule has 39 heavy (non-hydrogen) atoms. The van der Waals surface area contributed by atoms with Crippen LogP contribution in [-0.2, 0) is 20.1 Å². The summed E-state index contributed by atoms with van der Waals surface area (Å²) in [5.41, 5.74) is 16.8. The Hall–Kier alpha value is -3.42. The Balaban J connectivity index is 1.46. The number of pyridine rings is 1. The average molecular weight is 611 g/mol. The van der Waals surface area contributed by atoms with Gasteiger partial charge in [0.1, 0.15) is 17.1 Å². The number of amides is 2. The Labute approximate surface area is 238 Å². The standard InChI is InChI=1S/C20H22N10O5S4/c21-19(22)25-4-5-36-6-8-9(2-1-3-24-8)38-10-7-37-17-12(16(32)30(17)13(10)18(33)34)26-15(31)11(28-35)14-27-20(23)39-29-14/h1-3,11-12,17H,4-7H2,(H,26,31)(H,33,34)(H4,21,22,25)(H2,23,27,29)/t11?,12-,17+/m1/s1. The minimum Gasteiger partial charge on any atom is -0.477 e. The summed E-state index contributed by atoms with van der Waals surface area (Å²) >= 11 is 4.90. The first-order chi connectivity index (χ1) is 18.7. The Morgan fingerprint density at radius 3 is 2.82 bits per heavy atom. The van der Waals surface area contributed by atoms with E-state index in [2.05, 4.69) is 29.8 Å². The molecule has 2 aromatic rings. The molecule has 0 radical (unpaired) electrons. The summed E-state index contributed by atoms with van der Waals surface area (Å²) < 4.78 is 3.83. The van der Waals surface area contributed by atoms with E-state index in [4.69, 9.17) is 17.2 Å². The van der Waals surface area contributed by atoms with Crippen LogP contribution in [0.5, 0.6) is 0 Å². The maximum Gasteiger partial charge on any atom is 0.353 e. The molecule has 1 unspecified atom stereocenters. The molecule has 206 valence electrons. The first kappa shape index (κ1) is 28.6. The molecular weight excluding hydrogens is 589 g/mol. The van der Waals surface area contributed by atoms with Crippen molar-refractivity contribution in [2.24, 2.45) is 21.6 Å². The fourth-order valence-electron chi connectivity index (χ4n) is 3.64. The molecule has 0 aliphatic carbocycles. The molecule has 0 spiro atoms.